The summed E-state index contributed by atoms with van der Waals surface area (Å²) in [5, 5.41) is 5.69. The smallest absolute Gasteiger partial charge is 0.227 e. The number of rotatable bonds is 11. The maximum absolute atomic E-state index is 13.0. The van der Waals surface area contributed by atoms with Crippen LogP contribution in [0.5, 0.6) is 0 Å². The zero-order valence-corrected chi connectivity index (χ0v) is 60.7. The monoisotopic (exact) mass is 1420 g/mol. The molecule has 15 nitrogen and oxygen atoms in total. The van der Waals surface area contributed by atoms with Crippen molar-refractivity contribution in [1.29, 1.82) is 0 Å². The number of hydrogen-bond acceptors (Lipinski definition) is 12. The standard InChI is InChI=1S/C30H33ClN4O.C28H29ClN4O.C26H25ClN4O/c1-3-34(4-2)26-19-24-6-5-23-18-25(31)7-8-27(23)29(30(24)33-20-26)22-11-15-35(16-12-22)28(36)17-21-9-13-32-14-10-21;1-2-31-24-17-22-4-3-21-16-23(29)5-6-25(21)27(28(22)32-18-24)20-9-13-33(14-10-20)26(34)15-19-7-11-30-12-8-19;27-21-3-4-23-19(14-21)1-2-20-15-22(28)16-30-26(20)25(23)18-7-11-31(12-8-18)24(32)13-17-5-9-29-10-6-17/h7-10,13-14,18-20H,3-6,11-12,15-17H2,1-2H3;5-8,11-12,16-18,31H,2-4,9-10,13-15H2,1H3;3-6,9-10,14-16H,1-2,7-8,11-13,28H2. The Morgan fingerprint density at radius 1 is 0.412 bits per heavy atom. The number of aromatic nitrogens is 6. The number of pyridine rings is 6. The van der Waals surface area contributed by atoms with Crippen LogP contribution in [0.15, 0.2) is 182 Å². The average Bonchev–Trinajstić information content (AvgIpc) is 1.53. The lowest BCUT2D eigenvalue weighted by Gasteiger charge is -2.30. The van der Waals surface area contributed by atoms with Gasteiger partial charge in [0.1, 0.15) is 0 Å². The Kier molecular flexibility index (Phi) is 23.0. The van der Waals surface area contributed by atoms with E-state index in [1.165, 1.54) is 89.2 Å². The van der Waals surface area contributed by atoms with Gasteiger partial charge in [-0.05, 0) is 256 Å². The molecule has 6 aromatic heterocycles. The summed E-state index contributed by atoms with van der Waals surface area (Å²) in [5.74, 6) is 0.525. The third kappa shape index (κ3) is 16.7. The number of carbonyl (C=O) groups is 3. The molecule has 3 saturated heterocycles. The van der Waals surface area contributed by atoms with Crippen molar-refractivity contribution in [3.05, 3.63) is 281 Å². The Morgan fingerprint density at radius 2 is 0.745 bits per heavy atom. The molecular weight excluding hydrogens is 1330 g/mol. The summed E-state index contributed by atoms with van der Waals surface area (Å²) in [7, 11) is 0. The number of nitrogen functional groups attached to an aromatic ring is 1. The molecule has 0 spiro atoms. The molecular formula is C84H87Cl3N12O3. The second kappa shape index (κ2) is 33.1. The van der Waals surface area contributed by atoms with Gasteiger partial charge in [-0.25, -0.2) is 0 Å². The van der Waals surface area contributed by atoms with Crippen LogP contribution in [0.1, 0.15) is 143 Å². The largest absolute Gasteiger partial charge is 0.397 e. The molecule has 3 N–H and O–H groups in total. The van der Waals surface area contributed by atoms with Crippen molar-refractivity contribution in [3.63, 3.8) is 0 Å². The molecule has 102 heavy (non-hydrogen) atoms. The van der Waals surface area contributed by atoms with Gasteiger partial charge in [-0.3, -0.25) is 44.3 Å². The van der Waals surface area contributed by atoms with E-state index >= 15 is 0 Å². The van der Waals surface area contributed by atoms with E-state index in [4.69, 9.17) is 55.5 Å². The minimum atomic E-state index is 0.166. The average molecular weight is 1420 g/mol. The van der Waals surface area contributed by atoms with Gasteiger partial charge in [0.25, 0.3) is 0 Å². The number of halogens is 3. The number of amides is 3. The van der Waals surface area contributed by atoms with Crippen molar-refractivity contribution in [1.82, 2.24) is 44.6 Å². The van der Waals surface area contributed by atoms with E-state index in [-0.39, 0.29) is 17.7 Å². The number of carbonyl (C=O) groups excluding carboxylic acids is 3. The molecule has 0 atom stereocenters. The highest BCUT2D eigenvalue weighted by molar-refractivity contribution is 6.31. The van der Waals surface area contributed by atoms with Gasteiger partial charge in [0, 0.05) is 128 Å². The summed E-state index contributed by atoms with van der Waals surface area (Å²) in [6.07, 6.45) is 28.1. The Morgan fingerprint density at radius 3 is 1.11 bits per heavy atom. The van der Waals surface area contributed by atoms with Crippen molar-refractivity contribution in [3.8, 4) is 0 Å². The number of aryl methyl sites for hydroxylation is 6. The lowest BCUT2D eigenvalue weighted by atomic mass is 9.88. The number of likely N-dealkylation sites (tertiary alicyclic amines) is 3. The third-order valence-electron chi connectivity index (χ3n) is 20.7. The van der Waals surface area contributed by atoms with Crippen molar-refractivity contribution < 1.29 is 14.4 Å². The summed E-state index contributed by atoms with van der Waals surface area (Å²) >= 11 is 19.1. The zero-order valence-electron chi connectivity index (χ0n) is 58.5. The number of nitrogens with two attached hydrogens (primary N) is 1. The maximum atomic E-state index is 13.0. The van der Waals surface area contributed by atoms with Crippen LogP contribution in [0.3, 0.4) is 0 Å². The Bertz CT molecular complexity index is 4570. The molecule has 0 unspecified atom stereocenters. The molecule has 0 bridgehead atoms. The number of nitrogens with one attached hydrogen (secondary N) is 1. The van der Waals surface area contributed by atoms with Gasteiger partial charge < -0.3 is 30.7 Å². The first-order valence-corrected chi connectivity index (χ1v) is 37.2. The Balaban J connectivity index is 0.000000137. The molecule has 9 heterocycles. The number of nitrogens with zero attached hydrogens (tertiary/aromatic N) is 10. The van der Waals surface area contributed by atoms with Gasteiger partial charge in [-0.2, -0.15) is 0 Å². The van der Waals surface area contributed by atoms with Crippen molar-refractivity contribution in [2.45, 2.75) is 117 Å². The van der Waals surface area contributed by atoms with Crippen LogP contribution in [0, 0.1) is 0 Å². The van der Waals surface area contributed by atoms with Gasteiger partial charge in [0.15, 0.2) is 0 Å². The molecule has 3 aliphatic heterocycles. The van der Waals surface area contributed by atoms with Crippen molar-refractivity contribution in [2.24, 2.45) is 0 Å². The quantitative estimate of drug-likeness (QED) is 0.125. The van der Waals surface area contributed by atoms with E-state index in [1.807, 2.05) is 87.8 Å². The molecule has 9 aromatic rings. The van der Waals surface area contributed by atoms with E-state index in [9.17, 15) is 14.4 Å². The molecule has 18 heteroatoms. The molecule has 0 radical (unpaired) electrons. The van der Waals surface area contributed by atoms with E-state index in [2.05, 4.69) is 94.5 Å². The SMILES string of the molecule is CCN(CC)c1cnc2c(c1)CCc1cc(Cl)ccc1C2=C1CCN(C(=O)Cc2ccncc2)CC1.CCNc1cnc2c(c1)CCc1cc(Cl)ccc1C2=C1CCN(C(=O)Cc2ccncc2)CC1.Nc1cnc2c(c1)CCc1cc(Cl)ccc1C2=C1CCN(C(=O)Cc2ccncc2)CC1. The van der Waals surface area contributed by atoms with Gasteiger partial charge in [0.2, 0.25) is 17.7 Å². The fourth-order valence-corrected chi connectivity index (χ4v) is 15.9. The van der Waals surface area contributed by atoms with Gasteiger partial charge in [-0.1, -0.05) is 69.7 Å². The highest BCUT2D eigenvalue weighted by Crippen LogP contribution is 2.43. The van der Waals surface area contributed by atoms with Crippen LogP contribution in [-0.2, 0) is 72.2 Å². The lowest BCUT2D eigenvalue weighted by molar-refractivity contribution is -0.131. The zero-order chi connectivity index (χ0) is 70.6. The van der Waals surface area contributed by atoms with E-state index in [0.29, 0.717) is 24.9 Å². The van der Waals surface area contributed by atoms with Crippen LogP contribution in [-0.4, -0.2) is 121 Å². The first-order chi connectivity index (χ1) is 49.8. The van der Waals surface area contributed by atoms with Crippen LogP contribution >= 0.6 is 34.8 Å². The second-order valence-electron chi connectivity index (χ2n) is 27.0. The highest BCUT2D eigenvalue weighted by atomic mass is 35.5. The molecule has 6 aliphatic rings. The van der Waals surface area contributed by atoms with Crippen LogP contribution in [0.25, 0.3) is 16.7 Å². The van der Waals surface area contributed by atoms with Gasteiger partial charge >= 0.3 is 0 Å². The summed E-state index contributed by atoms with van der Waals surface area (Å²) in [5.41, 5.74) is 34.2. The van der Waals surface area contributed by atoms with Crippen LogP contribution < -0.4 is 16.0 Å². The van der Waals surface area contributed by atoms with Crippen molar-refractivity contribution >= 4 is 86.3 Å². The van der Waals surface area contributed by atoms with Crippen LogP contribution in [0.2, 0.25) is 15.1 Å². The molecule has 3 aromatic carbocycles. The number of benzene rings is 3. The molecule has 3 amide bonds. The predicted octanol–water partition coefficient (Wildman–Crippen LogP) is 15.5. The molecule has 3 fully saturated rings. The first kappa shape index (κ1) is 70.9. The summed E-state index contributed by atoms with van der Waals surface area (Å²) in [6, 6.07) is 36.7. The van der Waals surface area contributed by atoms with E-state index in [0.717, 1.165) is 190 Å². The molecule has 522 valence electrons. The molecule has 0 saturated carbocycles. The summed E-state index contributed by atoms with van der Waals surface area (Å²) in [6.45, 7) is 13.6. The Labute approximate surface area is 614 Å². The number of hydrogen-bond donors (Lipinski definition) is 2. The van der Waals surface area contributed by atoms with Crippen molar-refractivity contribution in [2.75, 3.05) is 74.9 Å². The van der Waals surface area contributed by atoms with Gasteiger partial charge in [-0.15, -0.1) is 0 Å². The number of anilines is 3. The minimum absolute atomic E-state index is 0.166. The Hall–Kier alpha value is -9.54. The lowest BCUT2D eigenvalue weighted by Crippen LogP contribution is -2.37. The fraction of sp³-hybridized carbons (Fsp3) is 0.321. The minimum Gasteiger partial charge on any atom is -0.397 e. The second-order valence-corrected chi connectivity index (χ2v) is 28.3. The number of piperidine rings is 3. The maximum Gasteiger partial charge on any atom is 0.227 e. The third-order valence-corrected chi connectivity index (χ3v) is 21.4. The topological polar surface area (TPSA) is 180 Å². The summed E-state index contributed by atoms with van der Waals surface area (Å²) in [4.78, 5) is 73.9. The first-order valence-electron chi connectivity index (χ1n) is 36.0. The normalized spacial score (nSPS) is 15.5. The highest BCUT2D eigenvalue weighted by Gasteiger charge is 2.32. The van der Waals surface area contributed by atoms with E-state index < -0.39 is 0 Å². The number of fused-ring (bicyclic) bond motifs is 6. The molecule has 15 rings (SSSR count). The van der Waals surface area contributed by atoms with E-state index in [1.54, 1.807) is 43.4 Å². The predicted molar refractivity (Wildman–Crippen MR) is 411 cm³/mol. The molecule has 3 aliphatic carbocycles. The van der Waals surface area contributed by atoms with Crippen LogP contribution in [0.4, 0.5) is 17.1 Å². The summed E-state index contributed by atoms with van der Waals surface area (Å²) < 4.78 is 0. The van der Waals surface area contributed by atoms with Gasteiger partial charge in [0.05, 0.1) is 72.0 Å². The fourth-order valence-electron chi connectivity index (χ4n) is 15.3.